The molecule has 0 spiro atoms. The third-order valence-electron chi connectivity index (χ3n) is 5.11. The molecule has 1 heterocycles. The van der Waals surface area contributed by atoms with E-state index in [2.05, 4.69) is 10.6 Å². The Hall–Kier alpha value is -1.54. The van der Waals surface area contributed by atoms with E-state index in [4.69, 9.17) is 0 Å². The normalized spacial score (nSPS) is 21.9. The molecule has 1 aromatic rings. The van der Waals surface area contributed by atoms with E-state index in [0.717, 1.165) is 30.6 Å². The van der Waals surface area contributed by atoms with Crippen molar-refractivity contribution < 1.29 is 18.0 Å². The van der Waals surface area contributed by atoms with Crippen LogP contribution in [0.25, 0.3) is 0 Å². The van der Waals surface area contributed by atoms with Gasteiger partial charge in [0.25, 0.3) is 0 Å². The summed E-state index contributed by atoms with van der Waals surface area (Å²) in [5, 5.41) is 5.53. The maximum atomic E-state index is 12.8. The average molecular weight is 411 g/mol. The van der Waals surface area contributed by atoms with E-state index < -0.39 is 15.8 Å². The van der Waals surface area contributed by atoms with E-state index in [0.29, 0.717) is 5.69 Å². The first-order chi connectivity index (χ1) is 12.8. The van der Waals surface area contributed by atoms with Gasteiger partial charge in [0.15, 0.2) is 9.84 Å². The number of thioether (sulfide) groups is 1. The molecule has 3 rings (SSSR count). The summed E-state index contributed by atoms with van der Waals surface area (Å²) in [5.41, 5.74) is 0.517. The van der Waals surface area contributed by atoms with Crippen molar-refractivity contribution in [3.8, 4) is 0 Å². The SMILES string of the molecule is C[C@H](CS(=O)(=O)c1ccc2c(c1)NC(=O)[C@@H](C)S2)C(=O)NC1CCCCC1. The van der Waals surface area contributed by atoms with Gasteiger partial charge in [-0.3, -0.25) is 9.59 Å². The molecular weight excluding hydrogens is 384 g/mol. The highest BCUT2D eigenvalue weighted by Crippen LogP contribution is 2.37. The average Bonchev–Trinajstić information content (AvgIpc) is 2.62. The van der Waals surface area contributed by atoms with Crippen molar-refractivity contribution in [1.29, 1.82) is 0 Å². The first kappa shape index (κ1) is 20.2. The van der Waals surface area contributed by atoms with Crippen LogP contribution in [0.4, 0.5) is 5.69 Å². The van der Waals surface area contributed by atoms with Gasteiger partial charge in [-0.1, -0.05) is 26.2 Å². The highest BCUT2D eigenvalue weighted by atomic mass is 32.2. The van der Waals surface area contributed by atoms with E-state index in [9.17, 15) is 18.0 Å². The molecular formula is C19H26N2O4S2. The Morgan fingerprint density at radius 1 is 1.30 bits per heavy atom. The molecule has 1 aliphatic carbocycles. The number of rotatable bonds is 5. The molecule has 27 heavy (non-hydrogen) atoms. The summed E-state index contributed by atoms with van der Waals surface area (Å²) in [6.07, 6.45) is 5.34. The van der Waals surface area contributed by atoms with E-state index >= 15 is 0 Å². The number of anilines is 1. The lowest BCUT2D eigenvalue weighted by Crippen LogP contribution is -2.41. The lowest BCUT2D eigenvalue weighted by molar-refractivity contribution is -0.124. The third-order valence-corrected chi connectivity index (χ3v) is 8.20. The Balaban J connectivity index is 1.68. The molecule has 0 radical (unpaired) electrons. The zero-order valence-corrected chi connectivity index (χ0v) is 17.3. The van der Waals surface area contributed by atoms with Crippen molar-refractivity contribution in [2.75, 3.05) is 11.1 Å². The number of hydrogen-bond acceptors (Lipinski definition) is 5. The molecule has 2 atom stereocenters. The number of nitrogens with one attached hydrogen (secondary N) is 2. The zero-order valence-electron chi connectivity index (χ0n) is 15.7. The summed E-state index contributed by atoms with van der Waals surface area (Å²) >= 11 is 1.41. The molecule has 0 saturated heterocycles. The van der Waals surface area contributed by atoms with Crippen LogP contribution in [0.15, 0.2) is 28.0 Å². The Bertz CT molecular complexity index is 832. The Morgan fingerprint density at radius 2 is 2.00 bits per heavy atom. The van der Waals surface area contributed by atoms with Gasteiger partial charge in [0.05, 0.1) is 21.6 Å². The van der Waals surface area contributed by atoms with Gasteiger partial charge in [0.2, 0.25) is 11.8 Å². The van der Waals surface area contributed by atoms with Gasteiger partial charge < -0.3 is 10.6 Å². The second-order valence-corrected chi connectivity index (χ2v) is 10.9. The van der Waals surface area contributed by atoms with Gasteiger partial charge in [-0.05, 0) is 38.0 Å². The molecule has 2 N–H and O–H groups in total. The lowest BCUT2D eigenvalue weighted by atomic mass is 9.95. The Labute approximate surface area is 164 Å². The van der Waals surface area contributed by atoms with Crippen LogP contribution in [-0.2, 0) is 19.4 Å². The standard InChI is InChI=1S/C19H26N2O4S2/c1-12(18(22)20-14-6-4-3-5-7-14)11-27(24,25)15-8-9-17-16(10-15)21-19(23)13(2)26-17/h8-10,12-14H,3-7,11H2,1-2H3,(H,20,22)(H,21,23)/t12-,13-/m1/s1. The molecule has 2 amide bonds. The molecule has 6 nitrogen and oxygen atoms in total. The second-order valence-electron chi connectivity index (χ2n) is 7.43. The predicted molar refractivity (Wildman–Crippen MR) is 107 cm³/mol. The van der Waals surface area contributed by atoms with Gasteiger partial charge in [0, 0.05) is 16.9 Å². The maximum Gasteiger partial charge on any atom is 0.237 e. The third kappa shape index (κ3) is 4.85. The predicted octanol–water partition coefficient (Wildman–Crippen LogP) is 2.98. The van der Waals surface area contributed by atoms with Crippen molar-refractivity contribution in [3.05, 3.63) is 18.2 Å². The summed E-state index contributed by atoms with van der Waals surface area (Å²) < 4.78 is 25.5. The fourth-order valence-electron chi connectivity index (χ4n) is 3.47. The summed E-state index contributed by atoms with van der Waals surface area (Å²) in [6, 6.07) is 4.93. The Morgan fingerprint density at radius 3 is 2.70 bits per heavy atom. The summed E-state index contributed by atoms with van der Waals surface area (Å²) in [7, 11) is -3.63. The minimum atomic E-state index is -3.63. The van der Waals surface area contributed by atoms with Crippen molar-refractivity contribution in [2.24, 2.45) is 5.92 Å². The van der Waals surface area contributed by atoms with Crippen LogP contribution in [0.2, 0.25) is 0 Å². The number of fused-ring (bicyclic) bond motifs is 1. The maximum absolute atomic E-state index is 12.8. The summed E-state index contributed by atoms with van der Waals surface area (Å²) in [6.45, 7) is 3.45. The summed E-state index contributed by atoms with van der Waals surface area (Å²) in [5.74, 6) is -1.22. The fraction of sp³-hybridized carbons (Fsp3) is 0.579. The molecule has 1 saturated carbocycles. The zero-order chi connectivity index (χ0) is 19.6. The largest absolute Gasteiger partial charge is 0.353 e. The van der Waals surface area contributed by atoms with E-state index in [1.807, 2.05) is 0 Å². The molecule has 0 aromatic heterocycles. The van der Waals surface area contributed by atoms with Gasteiger partial charge in [-0.25, -0.2) is 8.42 Å². The first-order valence-electron chi connectivity index (χ1n) is 9.41. The van der Waals surface area contributed by atoms with Gasteiger partial charge in [-0.15, -0.1) is 11.8 Å². The van der Waals surface area contributed by atoms with Crippen molar-refractivity contribution in [3.63, 3.8) is 0 Å². The molecule has 0 bridgehead atoms. The Kier molecular flexibility index (Phi) is 6.15. The number of amides is 2. The molecule has 1 fully saturated rings. The van der Waals surface area contributed by atoms with Crippen molar-refractivity contribution in [1.82, 2.24) is 5.32 Å². The van der Waals surface area contributed by atoms with E-state index in [-0.39, 0.29) is 33.8 Å². The van der Waals surface area contributed by atoms with Crippen LogP contribution in [0, 0.1) is 5.92 Å². The molecule has 1 aliphatic heterocycles. The first-order valence-corrected chi connectivity index (χ1v) is 11.9. The monoisotopic (exact) mass is 410 g/mol. The molecule has 1 aromatic carbocycles. The van der Waals surface area contributed by atoms with Gasteiger partial charge in [0.1, 0.15) is 0 Å². The molecule has 148 valence electrons. The minimum absolute atomic E-state index is 0.133. The van der Waals surface area contributed by atoms with Crippen LogP contribution in [0.3, 0.4) is 0 Å². The topological polar surface area (TPSA) is 92.3 Å². The second kappa shape index (κ2) is 8.22. The van der Waals surface area contributed by atoms with Gasteiger partial charge >= 0.3 is 0 Å². The van der Waals surface area contributed by atoms with Crippen LogP contribution in [0.1, 0.15) is 46.0 Å². The number of hydrogen-bond donors (Lipinski definition) is 2. The molecule has 8 heteroatoms. The highest BCUT2D eigenvalue weighted by Gasteiger charge is 2.28. The van der Waals surface area contributed by atoms with Crippen molar-refractivity contribution in [2.45, 2.75) is 67.0 Å². The van der Waals surface area contributed by atoms with Crippen LogP contribution < -0.4 is 10.6 Å². The smallest absolute Gasteiger partial charge is 0.237 e. The van der Waals surface area contributed by atoms with E-state index in [1.54, 1.807) is 26.0 Å². The number of benzene rings is 1. The quantitative estimate of drug-likeness (QED) is 0.779. The van der Waals surface area contributed by atoms with Crippen LogP contribution in [0.5, 0.6) is 0 Å². The minimum Gasteiger partial charge on any atom is -0.353 e. The van der Waals surface area contributed by atoms with Gasteiger partial charge in [-0.2, -0.15) is 0 Å². The van der Waals surface area contributed by atoms with Crippen LogP contribution in [-0.4, -0.2) is 37.3 Å². The fourth-order valence-corrected chi connectivity index (χ4v) is 5.98. The number of carbonyl (C=O) groups is 2. The van der Waals surface area contributed by atoms with E-state index in [1.165, 1.54) is 24.2 Å². The molecule has 2 aliphatic rings. The highest BCUT2D eigenvalue weighted by molar-refractivity contribution is 8.01. The number of carbonyl (C=O) groups excluding carboxylic acids is 2. The number of sulfone groups is 1. The molecule has 0 unspecified atom stereocenters. The van der Waals surface area contributed by atoms with Crippen LogP contribution >= 0.6 is 11.8 Å². The summed E-state index contributed by atoms with van der Waals surface area (Å²) in [4.78, 5) is 25.2. The lowest BCUT2D eigenvalue weighted by Gasteiger charge is -2.24. The van der Waals surface area contributed by atoms with Crippen molar-refractivity contribution >= 4 is 39.1 Å².